The van der Waals surface area contributed by atoms with E-state index in [1.807, 2.05) is 6.33 Å². The summed E-state index contributed by atoms with van der Waals surface area (Å²) in [5, 5.41) is 9.06. The van der Waals surface area contributed by atoms with Crippen LogP contribution in [0.4, 0.5) is 0 Å². The monoisotopic (exact) mass is 209 g/mol. The topological polar surface area (TPSA) is 64.1 Å². The van der Waals surface area contributed by atoms with Gasteiger partial charge in [0.15, 0.2) is 0 Å². The number of aliphatic hydroxyl groups excluding tert-OH is 1. The average Bonchev–Trinajstić information content (AvgIpc) is 2.78. The molecule has 15 heavy (non-hydrogen) atoms. The number of aliphatic hydroxyl groups is 1. The second-order valence-electron chi connectivity index (χ2n) is 4.31. The molecule has 1 heterocycles. The minimum atomic E-state index is -0.297. The Balaban J connectivity index is 2.15. The summed E-state index contributed by atoms with van der Waals surface area (Å²) >= 11 is 0. The largest absolute Gasteiger partial charge is 0.394 e. The molecule has 0 aromatic carbocycles. The van der Waals surface area contributed by atoms with Gasteiger partial charge in [0.25, 0.3) is 0 Å². The van der Waals surface area contributed by atoms with Gasteiger partial charge in [0.05, 0.1) is 24.7 Å². The number of nitrogens with zero attached hydrogens (tertiary/aromatic N) is 2. The third-order valence-corrected chi connectivity index (χ3v) is 3.24. The maximum Gasteiger partial charge on any atom is 0.0951 e. The van der Waals surface area contributed by atoms with Crippen molar-refractivity contribution in [3.05, 3.63) is 18.2 Å². The second-order valence-corrected chi connectivity index (χ2v) is 4.31. The van der Waals surface area contributed by atoms with Crippen molar-refractivity contribution < 1.29 is 5.11 Å². The molecule has 0 radical (unpaired) electrons. The van der Waals surface area contributed by atoms with Crippen molar-refractivity contribution >= 4 is 0 Å². The van der Waals surface area contributed by atoms with Gasteiger partial charge in [-0.3, -0.25) is 0 Å². The fourth-order valence-corrected chi connectivity index (χ4v) is 2.36. The van der Waals surface area contributed by atoms with Crippen LogP contribution < -0.4 is 5.73 Å². The summed E-state index contributed by atoms with van der Waals surface area (Å²) < 4.78 is 2.15. The lowest BCUT2D eigenvalue weighted by molar-refractivity contribution is 0.256. The molecule has 0 saturated heterocycles. The van der Waals surface area contributed by atoms with Crippen molar-refractivity contribution in [1.82, 2.24) is 9.55 Å². The van der Waals surface area contributed by atoms with E-state index >= 15 is 0 Å². The molecule has 1 atom stereocenters. The van der Waals surface area contributed by atoms with E-state index in [-0.39, 0.29) is 12.6 Å². The predicted molar refractivity (Wildman–Crippen MR) is 58.4 cm³/mol. The molecule has 84 valence electrons. The maximum atomic E-state index is 9.06. The molecular weight excluding hydrogens is 190 g/mol. The van der Waals surface area contributed by atoms with Crippen LogP contribution in [0.3, 0.4) is 0 Å². The van der Waals surface area contributed by atoms with Crippen LogP contribution in [-0.2, 0) is 0 Å². The van der Waals surface area contributed by atoms with Crippen molar-refractivity contribution in [2.45, 2.75) is 44.2 Å². The van der Waals surface area contributed by atoms with Crippen LogP contribution in [0.5, 0.6) is 0 Å². The molecule has 1 fully saturated rings. The summed E-state index contributed by atoms with van der Waals surface area (Å²) in [6.45, 7) is -0.0155. The molecule has 1 aliphatic carbocycles. The van der Waals surface area contributed by atoms with Gasteiger partial charge in [-0.05, 0) is 12.8 Å². The van der Waals surface area contributed by atoms with Crippen LogP contribution in [0.1, 0.15) is 49.9 Å². The van der Waals surface area contributed by atoms with E-state index in [0.717, 1.165) is 5.69 Å². The van der Waals surface area contributed by atoms with Crippen LogP contribution in [0.15, 0.2) is 12.5 Å². The fourth-order valence-electron chi connectivity index (χ4n) is 2.36. The van der Waals surface area contributed by atoms with E-state index in [9.17, 15) is 0 Å². The quantitative estimate of drug-likeness (QED) is 0.790. The number of hydrogen-bond donors (Lipinski definition) is 2. The van der Waals surface area contributed by atoms with Gasteiger partial charge < -0.3 is 15.4 Å². The summed E-state index contributed by atoms with van der Waals surface area (Å²) in [5.41, 5.74) is 6.80. The molecule has 0 aliphatic heterocycles. The summed E-state index contributed by atoms with van der Waals surface area (Å²) in [6.07, 6.45) is 9.96. The zero-order chi connectivity index (χ0) is 10.7. The highest BCUT2D eigenvalue weighted by Gasteiger charge is 2.19. The van der Waals surface area contributed by atoms with Crippen molar-refractivity contribution in [3.63, 3.8) is 0 Å². The van der Waals surface area contributed by atoms with Gasteiger partial charge in [0.2, 0.25) is 0 Å². The predicted octanol–water partition coefficient (Wildman–Crippen LogP) is 1.38. The molecule has 1 aromatic heterocycles. The SMILES string of the molecule is NC(CO)c1cncn1C1CCCCC1. The highest BCUT2D eigenvalue weighted by molar-refractivity contribution is 5.06. The maximum absolute atomic E-state index is 9.06. The Morgan fingerprint density at radius 1 is 1.47 bits per heavy atom. The first-order chi connectivity index (χ1) is 7.33. The number of hydrogen-bond acceptors (Lipinski definition) is 3. The lowest BCUT2D eigenvalue weighted by Gasteiger charge is -2.26. The Labute approximate surface area is 90.1 Å². The molecule has 4 heteroatoms. The number of nitrogens with two attached hydrogens (primary N) is 1. The van der Waals surface area contributed by atoms with E-state index in [2.05, 4.69) is 9.55 Å². The molecule has 4 nitrogen and oxygen atoms in total. The van der Waals surface area contributed by atoms with Gasteiger partial charge in [-0.1, -0.05) is 19.3 Å². The summed E-state index contributed by atoms with van der Waals surface area (Å²) in [5.74, 6) is 0. The van der Waals surface area contributed by atoms with Crippen LogP contribution in [-0.4, -0.2) is 21.3 Å². The van der Waals surface area contributed by atoms with E-state index in [0.29, 0.717) is 6.04 Å². The molecule has 2 rings (SSSR count). The Bertz CT molecular complexity index is 305. The molecule has 1 aromatic rings. The Kier molecular flexibility index (Phi) is 3.38. The zero-order valence-corrected chi connectivity index (χ0v) is 8.97. The van der Waals surface area contributed by atoms with Gasteiger partial charge >= 0.3 is 0 Å². The third-order valence-electron chi connectivity index (χ3n) is 3.24. The van der Waals surface area contributed by atoms with Gasteiger partial charge in [-0.2, -0.15) is 0 Å². The van der Waals surface area contributed by atoms with Crippen LogP contribution >= 0.6 is 0 Å². The zero-order valence-electron chi connectivity index (χ0n) is 8.97. The van der Waals surface area contributed by atoms with Crippen molar-refractivity contribution in [1.29, 1.82) is 0 Å². The average molecular weight is 209 g/mol. The molecule has 0 bridgehead atoms. The molecule has 0 spiro atoms. The van der Waals surface area contributed by atoms with E-state index in [1.54, 1.807) is 6.20 Å². The highest BCUT2D eigenvalue weighted by Crippen LogP contribution is 2.29. The molecule has 1 unspecified atom stereocenters. The number of rotatable bonds is 3. The normalized spacial score (nSPS) is 20.4. The van der Waals surface area contributed by atoms with Crippen molar-refractivity contribution in [3.8, 4) is 0 Å². The molecule has 0 amide bonds. The van der Waals surface area contributed by atoms with Crippen LogP contribution in [0.2, 0.25) is 0 Å². The minimum absolute atomic E-state index is 0.0155. The van der Waals surface area contributed by atoms with Crippen LogP contribution in [0, 0.1) is 0 Å². The highest BCUT2D eigenvalue weighted by atomic mass is 16.3. The smallest absolute Gasteiger partial charge is 0.0951 e. The number of imidazole rings is 1. The third kappa shape index (κ3) is 2.21. The molecule has 3 N–H and O–H groups in total. The molecular formula is C11H19N3O. The fraction of sp³-hybridized carbons (Fsp3) is 0.727. The Morgan fingerprint density at radius 2 is 2.20 bits per heavy atom. The molecule has 1 aliphatic rings. The lowest BCUT2D eigenvalue weighted by atomic mass is 9.95. The van der Waals surface area contributed by atoms with Crippen LogP contribution in [0.25, 0.3) is 0 Å². The summed E-state index contributed by atoms with van der Waals surface area (Å²) in [6, 6.07) is 0.239. The summed E-state index contributed by atoms with van der Waals surface area (Å²) in [4.78, 5) is 4.14. The summed E-state index contributed by atoms with van der Waals surface area (Å²) in [7, 11) is 0. The van der Waals surface area contributed by atoms with Gasteiger partial charge in [-0.15, -0.1) is 0 Å². The lowest BCUT2D eigenvalue weighted by Crippen LogP contribution is -2.22. The standard InChI is InChI=1S/C11H19N3O/c12-10(7-15)11-6-13-8-14(11)9-4-2-1-3-5-9/h6,8-10,15H,1-5,7,12H2. The number of aromatic nitrogens is 2. The van der Waals surface area contributed by atoms with Gasteiger partial charge in [0.1, 0.15) is 0 Å². The minimum Gasteiger partial charge on any atom is -0.394 e. The van der Waals surface area contributed by atoms with Gasteiger partial charge in [0, 0.05) is 12.2 Å². The Hall–Kier alpha value is -0.870. The first-order valence-corrected chi connectivity index (χ1v) is 5.71. The van der Waals surface area contributed by atoms with Crippen molar-refractivity contribution in [2.24, 2.45) is 5.73 Å². The van der Waals surface area contributed by atoms with E-state index < -0.39 is 0 Å². The van der Waals surface area contributed by atoms with E-state index in [4.69, 9.17) is 10.8 Å². The van der Waals surface area contributed by atoms with Gasteiger partial charge in [-0.25, -0.2) is 4.98 Å². The Morgan fingerprint density at radius 3 is 2.87 bits per heavy atom. The molecule has 1 saturated carbocycles. The first-order valence-electron chi connectivity index (χ1n) is 5.71. The second kappa shape index (κ2) is 4.77. The first kappa shape index (κ1) is 10.6. The van der Waals surface area contributed by atoms with Crippen molar-refractivity contribution in [2.75, 3.05) is 6.61 Å². The van der Waals surface area contributed by atoms with E-state index in [1.165, 1.54) is 32.1 Å².